The van der Waals surface area contributed by atoms with Gasteiger partial charge in [0.25, 0.3) is 0 Å². The number of halogens is 1. The monoisotopic (exact) mass is 299 g/mol. The highest BCUT2D eigenvalue weighted by molar-refractivity contribution is 7.18. The molecule has 1 aliphatic rings. The molecular weight excluding hydrogens is 282 g/mol. The van der Waals surface area contributed by atoms with Crippen molar-refractivity contribution in [3.8, 4) is 0 Å². The first kappa shape index (κ1) is 14.7. The van der Waals surface area contributed by atoms with Crippen LogP contribution in [0.4, 0.5) is 0 Å². The van der Waals surface area contributed by atoms with Crippen molar-refractivity contribution < 1.29 is 9.59 Å². The molecule has 1 aromatic rings. The molecule has 1 aromatic heterocycles. The molecule has 2 rings (SSSR count). The maximum Gasteiger partial charge on any atom is 0.189 e. The highest BCUT2D eigenvalue weighted by atomic mass is 35.5. The van der Waals surface area contributed by atoms with Gasteiger partial charge in [-0.1, -0.05) is 18.5 Å². The zero-order chi connectivity index (χ0) is 14.0. The molecule has 0 bridgehead atoms. The molecule has 2 unspecified atom stereocenters. The van der Waals surface area contributed by atoms with Crippen LogP contribution in [0.25, 0.3) is 0 Å². The Morgan fingerprint density at radius 1 is 1.58 bits per heavy atom. The quantitative estimate of drug-likeness (QED) is 0.801. The van der Waals surface area contributed by atoms with Crippen molar-refractivity contribution in [3.63, 3.8) is 0 Å². The molecule has 1 saturated heterocycles. The molecule has 0 aromatic carbocycles. The number of hydrogen-bond donors (Lipinski definition) is 0. The summed E-state index contributed by atoms with van der Waals surface area (Å²) < 4.78 is 0.635. The Kier molecular flexibility index (Phi) is 4.76. The Morgan fingerprint density at radius 3 is 2.89 bits per heavy atom. The average Bonchev–Trinajstić information content (AvgIpc) is 2.84. The lowest BCUT2D eigenvalue weighted by molar-refractivity contribution is -0.126. The molecule has 0 saturated carbocycles. The lowest BCUT2D eigenvalue weighted by Gasteiger charge is -2.34. The fourth-order valence-corrected chi connectivity index (χ4v) is 3.53. The zero-order valence-corrected chi connectivity index (χ0v) is 12.8. The molecule has 3 nitrogen and oxygen atoms in total. The van der Waals surface area contributed by atoms with Crippen LogP contribution in [0.15, 0.2) is 12.1 Å². The van der Waals surface area contributed by atoms with Crippen LogP contribution < -0.4 is 0 Å². The third-order valence-corrected chi connectivity index (χ3v) is 5.04. The minimum Gasteiger partial charge on any atom is -0.299 e. The van der Waals surface area contributed by atoms with Crippen molar-refractivity contribution in [3.05, 3.63) is 21.3 Å². The summed E-state index contributed by atoms with van der Waals surface area (Å²) in [7, 11) is 0. The minimum absolute atomic E-state index is 0.0796. The number of hydrogen-bond acceptors (Lipinski definition) is 4. The van der Waals surface area contributed by atoms with Gasteiger partial charge in [0, 0.05) is 25.4 Å². The Labute approximate surface area is 122 Å². The number of Topliss-reactive ketones (excluding diaryl/α,β-unsaturated/α-hetero) is 2. The fourth-order valence-electron chi connectivity index (χ4n) is 2.46. The van der Waals surface area contributed by atoms with Crippen molar-refractivity contribution in [2.24, 2.45) is 5.92 Å². The summed E-state index contributed by atoms with van der Waals surface area (Å²) in [5.41, 5.74) is 0. The number of carbonyl (C=O) groups excluding carboxylic acids is 2. The van der Waals surface area contributed by atoms with Crippen LogP contribution in [0.2, 0.25) is 4.34 Å². The van der Waals surface area contributed by atoms with Gasteiger partial charge >= 0.3 is 0 Å². The minimum atomic E-state index is -0.183. The Balaban J connectivity index is 2.05. The van der Waals surface area contributed by atoms with Gasteiger partial charge in [-0.3, -0.25) is 14.5 Å². The maximum atomic E-state index is 12.4. The number of thiophene rings is 1. The van der Waals surface area contributed by atoms with Crippen LogP contribution in [-0.2, 0) is 4.79 Å². The molecule has 1 aliphatic heterocycles. The van der Waals surface area contributed by atoms with Crippen LogP contribution in [0.1, 0.15) is 36.4 Å². The summed E-state index contributed by atoms with van der Waals surface area (Å²) in [6, 6.07) is 3.34. The van der Waals surface area contributed by atoms with Crippen LogP contribution >= 0.6 is 22.9 Å². The Bertz CT molecular complexity index is 486. The molecule has 0 N–H and O–H groups in total. The van der Waals surface area contributed by atoms with E-state index in [0.29, 0.717) is 34.5 Å². The number of carbonyl (C=O) groups is 2. The lowest BCUT2D eigenvalue weighted by atomic mass is 9.92. The van der Waals surface area contributed by atoms with E-state index in [1.54, 1.807) is 12.1 Å². The van der Waals surface area contributed by atoms with E-state index in [9.17, 15) is 9.59 Å². The van der Waals surface area contributed by atoms with Crippen molar-refractivity contribution in [1.82, 2.24) is 4.90 Å². The van der Waals surface area contributed by atoms with Crippen LogP contribution in [0.3, 0.4) is 0 Å². The summed E-state index contributed by atoms with van der Waals surface area (Å²) >= 11 is 7.19. The standard InChI is InChI=1S/C14H18ClNO2S/c1-3-10-8-16(7-6-11(10)17)9(2)14(18)12-4-5-13(15)19-12/h4-5,9-10H,3,6-8H2,1-2H3. The van der Waals surface area contributed by atoms with Crippen molar-refractivity contribution in [2.75, 3.05) is 13.1 Å². The van der Waals surface area contributed by atoms with Crippen LogP contribution in [-0.4, -0.2) is 35.6 Å². The molecule has 5 heteroatoms. The first-order chi connectivity index (χ1) is 9.02. The Hall–Kier alpha value is -0.710. The molecule has 2 atom stereocenters. The van der Waals surface area contributed by atoms with E-state index in [1.165, 1.54) is 11.3 Å². The van der Waals surface area contributed by atoms with Gasteiger partial charge < -0.3 is 0 Å². The van der Waals surface area contributed by atoms with Crippen LogP contribution in [0, 0.1) is 5.92 Å². The zero-order valence-electron chi connectivity index (χ0n) is 11.2. The van der Waals surface area contributed by atoms with E-state index >= 15 is 0 Å². The number of ketones is 2. The first-order valence-electron chi connectivity index (χ1n) is 6.59. The molecule has 19 heavy (non-hydrogen) atoms. The molecule has 0 aliphatic carbocycles. The molecule has 0 spiro atoms. The van der Waals surface area contributed by atoms with E-state index in [-0.39, 0.29) is 17.7 Å². The first-order valence-corrected chi connectivity index (χ1v) is 7.78. The summed E-state index contributed by atoms with van der Waals surface area (Å²) in [5, 5.41) is 0. The number of nitrogens with zero attached hydrogens (tertiary/aromatic N) is 1. The van der Waals surface area contributed by atoms with Gasteiger partial charge in [-0.05, 0) is 25.5 Å². The summed E-state index contributed by atoms with van der Waals surface area (Å²) in [4.78, 5) is 26.9. The lowest BCUT2D eigenvalue weighted by Crippen LogP contribution is -2.47. The van der Waals surface area contributed by atoms with Crippen molar-refractivity contribution >= 4 is 34.5 Å². The maximum absolute atomic E-state index is 12.4. The highest BCUT2D eigenvalue weighted by Gasteiger charge is 2.31. The average molecular weight is 300 g/mol. The number of likely N-dealkylation sites (tertiary alicyclic amines) is 1. The van der Waals surface area contributed by atoms with Gasteiger partial charge in [-0.2, -0.15) is 0 Å². The van der Waals surface area contributed by atoms with Crippen LogP contribution in [0.5, 0.6) is 0 Å². The van der Waals surface area contributed by atoms with E-state index in [0.717, 1.165) is 6.42 Å². The SMILES string of the molecule is CCC1CN(C(C)C(=O)c2ccc(Cl)s2)CCC1=O. The number of piperidine rings is 1. The third kappa shape index (κ3) is 3.25. The molecule has 104 valence electrons. The Morgan fingerprint density at radius 2 is 2.32 bits per heavy atom. The van der Waals surface area contributed by atoms with Crippen molar-refractivity contribution in [1.29, 1.82) is 0 Å². The topological polar surface area (TPSA) is 37.4 Å². The van der Waals surface area contributed by atoms with E-state index in [1.807, 2.05) is 13.8 Å². The van der Waals surface area contributed by atoms with E-state index in [2.05, 4.69) is 4.90 Å². The number of rotatable bonds is 4. The molecular formula is C14H18ClNO2S. The molecule has 0 radical (unpaired) electrons. The predicted molar refractivity (Wildman–Crippen MR) is 78.1 cm³/mol. The molecule has 1 fully saturated rings. The normalized spacial score (nSPS) is 22.5. The van der Waals surface area contributed by atoms with Gasteiger partial charge in [0.15, 0.2) is 5.78 Å². The predicted octanol–water partition coefficient (Wildman–Crippen LogP) is 3.27. The van der Waals surface area contributed by atoms with Gasteiger partial charge in [0.05, 0.1) is 15.3 Å². The second kappa shape index (κ2) is 6.16. The van der Waals surface area contributed by atoms with Crippen molar-refractivity contribution in [2.45, 2.75) is 32.7 Å². The molecule has 2 heterocycles. The fraction of sp³-hybridized carbons (Fsp3) is 0.571. The largest absolute Gasteiger partial charge is 0.299 e. The summed E-state index contributed by atoms with van der Waals surface area (Å²) in [6.07, 6.45) is 1.41. The van der Waals surface area contributed by atoms with Gasteiger partial charge in [-0.15, -0.1) is 11.3 Å². The third-order valence-electron chi connectivity index (χ3n) is 3.79. The van der Waals surface area contributed by atoms with Gasteiger partial charge in [0.2, 0.25) is 0 Å². The second-order valence-corrected chi connectivity index (χ2v) is 6.68. The summed E-state index contributed by atoms with van der Waals surface area (Å²) in [6.45, 7) is 5.32. The second-order valence-electron chi connectivity index (χ2n) is 4.96. The highest BCUT2D eigenvalue weighted by Crippen LogP contribution is 2.25. The van der Waals surface area contributed by atoms with Gasteiger partial charge in [-0.25, -0.2) is 0 Å². The van der Waals surface area contributed by atoms with E-state index in [4.69, 9.17) is 11.6 Å². The van der Waals surface area contributed by atoms with E-state index < -0.39 is 0 Å². The smallest absolute Gasteiger partial charge is 0.189 e. The van der Waals surface area contributed by atoms with Gasteiger partial charge in [0.1, 0.15) is 5.78 Å². The molecule has 0 amide bonds. The summed E-state index contributed by atoms with van der Waals surface area (Å²) in [5.74, 6) is 0.509.